The summed E-state index contributed by atoms with van der Waals surface area (Å²) in [5.74, 6) is 1.27. The Morgan fingerprint density at radius 2 is 1.92 bits per heavy atom. The molecule has 1 amide bonds. The number of hydrogen-bond acceptors (Lipinski definition) is 3. The molecule has 3 fully saturated rings. The van der Waals surface area contributed by atoms with Crippen LogP contribution in [0.1, 0.15) is 80.4 Å². The minimum atomic E-state index is -0.556. The van der Waals surface area contributed by atoms with E-state index in [0.29, 0.717) is 41.3 Å². The van der Waals surface area contributed by atoms with E-state index in [9.17, 15) is 4.79 Å². The highest BCUT2D eigenvalue weighted by Crippen LogP contribution is 2.51. The Balaban J connectivity index is 1.34. The van der Waals surface area contributed by atoms with Crippen LogP contribution in [0.3, 0.4) is 0 Å². The molecule has 1 spiro atoms. The van der Waals surface area contributed by atoms with Crippen LogP contribution in [0.25, 0.3) is 0 Å². The number of hydrogen-bond donors (Lipinski definition) is 1. The maximum absolute atomic E-state index is 15.7. The van der Waals surface area contributed by atoms with Gasteiger partial charge in [0.05, 0.1) is 18.1 Å². The predicted octanol–water partition coefficient (Wildman–Crippen LogP) is 6.64. The Bertz CT molecular complexity index is 1170. The Morgan fingerprint density at radius 1 is 1.13 bits per heavy atom. The van der Waals surface area contributed by atoms with Crippen molar-refractivity contribution in [2.75, 3.05) is 26.7 Å². The number of nitrogens with one attached hydrogen (secondary N) is 1. The fourth-order valence-corrected chi connectivity index (χ4v) is 8.71. The molecule has 2 aromatic carbocycles. The summed E-state index contributed by atoms with van der Waals surface area (Å²) >= 11 is 6.40. The van der Waals surface area contributed by atoms with Gasteiger partial charge in [-0.3, -0.25) is 4.79 Å². The van der Waals surface area contributed by atoms with Crippen LogP contribution < -0.4 is 10.1 Å². The molecular formula is C32H40ClFN2O2. The number of carbonyl (C=O) groups is 1. The Kier molecular flexibility index (Phi) is 7.43. The van der Waals surface area contributed by atoms with Crippen molar-refractivity contribution in [1.29, 1.82) is 0 Å². The number of nitrogens with zero attached hydrogens (tertiary/aromatic N) is 1. The van der Waals surface area contributed by atoms with E-state index < -0.39 is 5.41 Å². The first kappa shape index (κ1) is 26.1. The topological polar surface area (TPSA) is 41.6 Å². The molecule has 1 N–H and O–H groups in total. The minimum Gasteiger partial charge on any atom is -0.495 e. The molecular weight excluding hydrogens is 499 g/mol. The maximum atomic E-state index is 15.7. The summed E-state index contributed by atoms with van der Waals surface area (Å²) < 4.78 is 21.4. The summed E-state index contributed by atoms with van der Waals surface area (Å²) in [6, 6.07) is 12.5. The van der Waals surface area contributed by atoms with Crippen LogP contribution in [0.5, 0.6) is 5.75 Å². The molecule has 2 aliphatic carbocycles. The van der Waals surface area contributed by atoms with E-state index in [4.69, 9.17) is 16.3 Å². The quantitative estimate of drug-likeness (QED) is 0.474. The molecule has 0 bridgehead atoms. The van der Waals surface area contributed by atoms with Crippen molar-refractivity contribution in [2.24, 2.45) is 11.8 Å². The number of methoxy groups -OCH3 is 1. The molecule has 1 saturated carbocycles. The molecule has 2 aliphatic heterocycles. The van der Waals surface area contributed by atoms with Gasteiger partial charge >= 0.3 is 0 Å². The van der Waals surface area contributed by atoms with Crippen LogP contribution >= 0.6 is 11.6 Å². The fraction of sp³-hybridized carbons (Fsp3) is 0.594. The molecule has 2 saturated heterocycles. The number of fused-ring (bicyclic) bond motifs is 2. The molecule has 6 heteroatoms. The molecule has 2 unspecified atom stereocenters. The smallest absolute Gasteiger partial charge is 0.228 e. The third-order valence-corrected chi connectivity index (χ3v) is 10.5. The van der Waals surface area contributed by atoms with Crippen LogP contribution in [-0.4, -0.2) is 43.6 Å². The summed E-state index contributed by atoms with van der Waals surface area (Å²) in [5.41, 5.74) is 2.37. The highest BCUT2D eigenvalue weighted by molar-refractivity contribution is 6.32. The van der Waals surface area contributed by atoms with Crippen LogP contribution in [0.15, 0.2) is 36.4 Å². The third kappa shape index (κ3) is 4.44. The third-order valence-electron chi connectivity index (χ3n) is 10.2. The van der Waals surface area contributed by atoms with Gasteiger partial charge in [0.15, 0.2) is 0 Å². The number of amides is 1. The van der Waals surface area contributed by atoms with Gasteiger partial charge in [0, 0.05) is 42.2 Å². The largest absolute Gasteiger partial charge is 0.495 e. The van der Waals surface area contributed by atoms with Crippen LogP contribution in [0.2, 0.25) is 5.02 Å². The SMILES string of the molecule is COc1c(Cl)cc(F)c2c1CCCC21CNCC1C(=O)N1CC[C@@H](c2ccccc2)C[C@H]1C1CCCCC1. The van der Waals surface area contributed by atoms with Gasteiger partial charge in [0.2, 0.25) is 5.91 Å². The van der Waals surface area contributed by atoms with Crippen molar-refractivity contribution in [3.8, 4) is 5.75 Å². The summed E-state index contributed by atoms with van der Waals surface area (Å²) in [7, 11) is 1.60. The summed E-state index contributed by atoms with van der Waals surface area (Å²) in [6.07, 6.45) is 10.7. The van der Waals surface area contributed by atoms with E-state index >= 15 is 4.39 Å². The number of benzene rings is 2. The van der Waals surface area contributed by atoms with Crippen molar-refractivity contribution < 1.29 is 13.9 Å². The number of ether oxygens (including phenoxy) is 1. The van der Waals surface area contributed by atoms with E-state index in [-0.39, 0.29) is 23.7 Å². The van der Waals surface area contributed by atoms with Gasteiger partial charge in [-0.05, 0) is 68.4 Å². The lowest BCUT2D eigenvalue weighted by Crippen LogP contribution is -2.55. The number of likely N-dealkylation sites (tertiary alicyclic amines) is 1. The summed E-state index contributed by atoms with van der Waals surface area (Å²) in [4.78, 5) is 16.9. The number of piperidine rings is 1. The van der Waals surface area contributed by atoms with Crippen LogP contribution in [-0.2, 0) is 16.6 Å². The van der Waals surface area contributed by atoms with Gasteiger partial charge in [-0.1, -0.05) is 61.2 Å². The first-order valence-corrected chi connectivity index (χ1v) is 15.0. The van der Waals surface area contributed by atoms with Crippen LogP contribution in [0.4, 0.5) is 4.39 Å². The van der Waals surface area contributed by atoms with Gasteiger partial charge in [-0.2, -0.15) is 0 Å². The monoisotopic (exact) mass is 538 g/mol. The number of rotatable bonds is 4. The highest BCUT2D eigenvalue weighted by Gasteiger charge is 2.54. The van der Waals surface area contributed by atoms with Crippen molar-refractivity contribution >= 4 is 17.5 Å². The van der Waals surface area contributed by atoms with E-state index in [1.54, 1.807) is 7.11 Å². The molecule has 0 radical (unpaired) electrons. The molecule has 4 aliphatic rings. The molecule has 6 rings (SSSR count). The van der Waals surface area contributed by atoms with Crippen LogP contribution in [0, 0.1) is 17.7 Å². The lowest BCUT2D eigenvalue weighted by molar-refractivity contribution is -0.143. The lowest BCUT2D eigenvalue weighted by Gasteiger charge is -2.48. The standard InChI is InChI=1S/C32H40ClFN2O2/c1-38-30-24-13-8-15-32(29(24)27(34)18-26(30)33)20-35-19-25(32)31(37)36-16-14-23(21-9-4-2-5-10-21)17-28(36)22-11-6-3-7-12-22/h2,4-5,9-10,18,22-23,25,28,35H,3,6-8,11-17,19-20H2,1H3/t23-,25?,28+,32?/m1/s1. The lowest BCUT2D eigenvalue weighted by atomic mass is 9.63. The fourth-order valence-electron chi connectivity index (χ4n) is 8.43. The normalized spacial score (nSPS) is 29.9. The van der Waals surface area contributed by atoms with E-state index in [2.05, 4.69) is 40.5 Å². The number of halogens is 2. The summed E-state index contributed by atoms with van der Waals surface area (Å²) in [6.45, 7) is 2.00. The van der Waals surface area contributed by atoms with Gasteiger partial charge in [0.1, 0.15) is 11.6 Å². The zero-order valence-electron chi connectivity index (χ0n) is 22.5. The average Bonchev–Trinajstić information content (AvgIpc) is 3.36. The first-order valence-electron chi connectivity index (χ1n) is 14.6. The van der Waals surface area contributed by atoms with Crippen molar-refractivity contribution in [3.63, 3.8) is 0 Å². The second-order valence-electron chi connectivity index (χ2n) is 12.0. The Hall–Kier alpha value is -2.11. The van der Waals surface area contributed by atoms with Gasteiger partial charge in [-0.25, -0.2) is 4.39 Å². The minimum absolute atomic E-state index is 0.221. The molecule has 2 aromatic rings. The first-order chi connectivity index (χ1) is 18.5. The summed E-state index contributed by atoms with van der Waals surface area (Å²) in [5, 5.41) is 3.83. The van der Waals surface area contributed by atoms with Gasteiger partial charge in [0.25, 0.3) is 0 Å². The second-order valence-corrected chi connectivity index (χ2v) is 12.5. The molecule has 0 aromatic heterocycles. The van der Waals surface area contributed by atoms with Crippen molar-refractivity contribution in [3.05, 3.63) is 63.9 Å². The zero-order valence-corrected chi connectivity index (χ0v) is 23.2. The second kappa shape index (κ2) is 10.8. The Labute approximate surface area is 231 Å². The highest BCUT2D eigenvalue weighted by atomic mass is 35.5. The average molecular weight is 539 g/mol. The predicted molar refractivity (Wildman–Crippen MR) is 149 cm³/mol. The van der Waals surface area contributed by atoms with Crippen molar-refractivity contribution in [2.45, 2.75) is 81.6 Å². The molecule has 204 valence electrons. The molecule has 2 heterocycles. The maximum Gasteiger partial charge on any atom is 0.228 e. The van der Waals surface area contributed by atoms with Gasteiger partial charge in [-0.15, -0.1) is 0 Å². The molecule has 4 nitrogen and oxygen atoms in total. The number of carbonyl (C=O) groups excluding carboxylic acids is 1. The van der Waals surface area contributed by atoms with E-state index in [1.807, 2.05) is 0 Å². The zero-order chi connectivity index (χ0) is 26.3. The van der Waals surface area contributed by atoms with Gasteiger partial charge < -0.3 is 15.0 Å². The Morgan fingerprint density at radius 3 is 2.68 bits per heavy atom. The van der Waals surface area contributed by atoms with E-state index in [0.717, 1.165) is 44.2 Å². The van der Waals surface area contributed by atoms with E-state index in [1.165, 1.54) is 43.7 Å². The van der Waals surface area contributed by atoms with Crippen molar-refractivity contribution in [1.82, 2.24) is 10.2 Å². The molecule has 4 atom stereocenters. The molecule has 38 heavy (non-hydrogen) atoms.